The normalized spacial score (nSPS) is 10.5. The van der Waals surface area contributed by atoms with E-state index in [1.54, 1.807) is 12.1 Å². The largest absolute Gasteiger partial charge is 0.478 e. The van der Waals surface area contributed by atoms with Crippen molar-refractivity contribution in [2.24, 2.45) is 0 Å². The molecular formula is C14H14ClN3O3. The molecule has 2 rings (SSSR count). The van der Waals surface area contributed by atoms with Gasteiger partial charge in [-0.25, -0.2) is 14.8 Å². The summed E-state index contributed by atoms with van der Waals surface area (Å²) < 4.78 is 5.47. The van der Waals surface area contributed by atoms with E-state index >= 15 is 0 Å². The Hall–Kier alpha value is -2.34. The second-order valence-corrected chi connectivity index (χ2v) is 4.94. The summed E-state index contributed by atoms with van der Waals surface area (Å²) >= 11 is 5.91. The Bertz CT molecular complexity index is 662. The number of benzene rings is 1. The number of anilines is 2. The number of carboxylic acid groups (broad SMARTS) is 1. The molecule has 7 heteroatoms. The number of nitrogens with one attached hydrogen (secondary N) is 1. The molecule has 1 heterocycles. The van der Waals surface area contributed by atoms with Crippen LogP contribution in [0.5, 0.6) is 5.88 Å². The third kappa shape index (κ3) is 4.06. The summed E-state index contributed by atoms with van der Waals surface area (Å²) in [7, 11) is 0. The molecule has 0 amide bonds. The molecule has 1 aromatic heterocycles. The Kier molecular flexibility index (Phi) is 4.59. The van der Waals surface area contributed by atoms with E-state index in [-0.39, 0.29) is 16.7 Å². The van der Waals surface area contributed by atoms with E-state index < -0.39 is 5.97 Å². The molecule has 0 atom stereocenters. The number of halogens is 1. The van der Waals surface area contributed by atoms with Crippen LogP contribution in [0.4, 0.5) is 11.5 Å². The zero-order valence-electron chi connectivity index (χ0n) is 11.5. The highest BCUT2D eigenvalue weighted by atomic mass is 35.5. The summed E-state index contributed by atoms with van der Waals surface area (Å²) in [4.78, 5) is 19.0. The number of carbonyl (C=O) groups is 1. The number of hydrogen-bond donors (Lipinski definition) is 2. The summed E-state index contributed by atoms with van der Waals surface area (Å²) in [6.07, 6.45) is 1.39. The lowest BCUT2D eigenvalue weighted by Crippen LogP contribution is -2.07. The van der Waals surface area contributed by atoms with Gasteiger partial charge < -0.3 is 15.2 Å². The van der Waals surface area contributed by atoms with Crippen LogP contribution in [0.25, 0.3) is 0 Å². The van der Waals surface area contributed by atoms with Crippen molar-refractivity contribution in [1.29, 1.82) is 0 Å². The third-order valence-corrected chi connectivity index (χ3v) is 2.78. The topological polar surface area (TPSA) is 84.3 Å². The lowest BCUT2D eigenvalue weighted by atomic mass is 10.2. The van der Waals surface area contributed by atoms with E-state index in [9.17, 15) is 4.79 Å². The van der Waals surface area contributed by atoms with Gasteiger partial charge in [-0.15, -0.1) is 0 Å². The van der Waals surface area contributed by atoms with Crippen molar-refractivity contribution in [1.82, 2.24) is 9.97 Å². The highest BCUT2D eigenvalue weighted by Crippen LogP contribution is 2.24. The first kappa shape index (κ1) is 15.1. The van der Waals surface area contributed by atoms with Gasteiger partial charge in [-0.2, -0.15) is 0 Å². The van der Waals surface area contributed by atoms with E-state index in [0.717, 1.165) is 0 Å². The van der Waals surface area contributed by atoms with Crippen LogP contribution in [0.1, 0.15) is 24.2 Å². The van der Waals surface area contributed by atoms with Gasteiger partial charge in [0.05, 0.1) is 16.7 Å². The Labute approximate surface area is 126 Å². The molecule has 2 aromatic rings. The van der Waals surface area contributed by atoms with E-state index in [2.05, 4.69) is 15.3 Å². The van der Waals surface area contributed by atoms with Gasteiger partial charge in [0.1, 0.15) is 12.1 Å². The number of nitrogens with zero attached hydrogens (tertiary/aromatic N) is 2. The number of rotatable bonds is 5. The third-order valence-electron chi connectivity index (χ3n) is 2.47. The minimum atomic E-state index is -1.07. The average molecular weight is 308 g/mol. The van der Waals surface area contributed by atoms with Crippen molar-refractivity contribution < 1.29 is 14.6 Å². The van der Waals surface area contributed by atoms with Crippen molar-refractivity contribution in [3.05, 3.63) is 41.2 Å². The fraction of sp³-hybridized carbons (Fsp3) is 0.214. The molecule has 2 N–H and O–H groups in total. The predicted molar refractivity (Wildman–Crippen MR) is 79.5 cm³/mol. The summed E-state index contributed by atoms with van der Waals surface area (Å²) in [6, 6.07) is 6.22. The molecule has 0 saturated carbocycles. The molecule has 0 bridgehead atoms. The molecule has 0 unspecified atom stereocenters. The maximum atomic E-state index is 10.9. The number of aromatic nitrogens is 2. The van der Waals surface area contributed by atoms with Crippen molar-refractivity contribution in [2.75, 3.05) is 5.32 Å². The summed E-state index contributed by atoms with van der Waals surface area (Å²) in [6.45, 7) is 3.80. The Morgan fingerprint density at radius 1 is 1.33 bits per heavy atom. The van der Waals surface area contributed by atoms with Gasteiger partial charge in [-0.3, -0.25) is 0 Å². The smallest absolute Gasteiger partial charge is 0.337 e. The minimum Gasteiger partial charge on any atom is -0.478 e. The van der Waals surface area contributed by atoms with Gasteiger partial charge in [-0.1, -0.05) is 11.6 Å². The SMILES string of the molecule is CC(C)Oc1cc(Nc2ccc(C(=O)O)c(Cl)c2)ncn1. The maximum absolute atomic E-state index is 10.9. The maximum Gasteiger partial charge on any atom is 0.337 e. The Morgan fingerprint density at radius 2 is 2.10 bits per heavy atom. The molecule has 0 aliphatic rings. The van der Waals surface area contributed by atoms with E-state index in [1.807, 2.05) is 13.8 Å². The molecule has 0 saturated heterocycles. The van der Waals surface area contributed by atoms with Gasteiger partial charge in [0.2, 0.25) is 5.88 Å². The zero-order valence-corrected chi connectivity index (χ0v) is 12.3. The van der Waals surface area contributed by atoms with E-state index in [0.29, 0.717) is 17.4 Å². The first-order valence-electron chi connectivity index (χ1n) is 6.24. The number of hydrogen-bond acceptors (Lipinski definition) is 5. The zero-order chi connectivity index (χ0) is 15.4. The molecule has 110 valence electrons. The standard InChI is InChI=1S/C14H14ClN3O3/c1-8(2)21-13-6-12(16-7-17-13)18-9-3-4-10(14(19)20)11(15)5-9/h3-8H,1-2H3,(H,19,20)(H,16,17,18). The van der Waals surface area contributed by atoms with Crippen molar-refractivity contribution >= 4 is 29.1 Å². The first-order valence-corrected chi connectivity index (χ1v) is 6.62. The highest BCUT2D eigenvalue weighted by Gasteiger charge is 2.09. The van der Waals surface area contributed by atoms with Crippen molar-refractivity contribution in [3.63, 3.8) is 0 Å². The molecule has 1 aromatic carbocycles. The molecule has 0 aliphatic carbocycles. The van der Waals surface area contributed by atoms with Crippen LogP contribution in [0.2, 0.25) is 5.02 Å². The number of ether oxygens (including phenoxy) is 1. The van der Waals surface area contributed by atoms with Crippen LogP contribution in [0.3, 0.4) is 0 Å². The second-order valence-electron chi connectivity index (χ2n) is 4.53. The fourth-order valence-corrected chi connectivity index (χ4v) is 1.89. The number of carboxylic acids is 1. The van der Waals surface area contributed by atoms with Crippen LogP contribution in [0.15, 0.2) is 30.6 Å². The first-order chi connectivity index (χ1) is 9.95. The quantitative estimate of drug-likeness (QED) is 0.881. The van der Waals surface area contributed by atoms with Crippen LogP contribution in [0, 0.1) is 0 Å². The van der Waals surface area contributed by atoms with Crippen LogP contribution in [-0.2, 0) is 0 Å². The van der Waals surface area contributed by atoms with Crippen molar-refractivity contribution in [3.8, 4) is 5.88 Å². The molecular weight excluding hydrogens is 294 g/mol. The summed E-state index contributed by atoms with van der Waals surface area (Å²) in [5.41, 5.74) is 0.674. The van der Waals surface area contributed by atoms with Gasteiger partial charge in [0.25, 0.3) is 0 Å². The molecule has 6 nitrogen and oxygen atoms in total. The predicted octanol–water partition coefficient (Wildman–Crippen LogP) is 3.36. The molecule has 0 spiro atoms. The van der Waals surface area contributed by atoms with Gasteiger partial charge >= 0.3 is 5.97 Å². The molecule has 21 heavy (non-hydrogen) atoms. The van der Waals surface area contributed by atoms with Gasteiger partial charge in [0.15, 0.2) is 0 Å². The van der Waals surface area contributed by atoms with Crippen LogP contribution >= 0.6 is 11.6 Å². The second kappa shape index (κ2) is 6.41. The average Bonchev–Trinajstić information content (AvgIpc) is 2.37. The fourth-order valence-electron chi connectivity index (χ4n) is 1.63. The monoisotopic (exact) mass is 307 g/mol. The van der Waals surface area contributed by atoms with Gasteiger partial charge in [0, 0.05) is 11.8 Å². The van der Waals surface area contributed by atoms with Crippen LogP contribution < -0.4 is 10.1 Å². The Balaban J connectivity index is 2.18. The number of aromatic carboxylic acids is 1. The van der Waals surface area contributed by atoms with Gasteiger partial charge in [-0.05, 0) is 32.0 Å². The summed E-state index contributed by atoms with van der Waals surface area (Å²) in [5.74, 6) is -0.0863. The highest BCUT2D eigenvalue weighted by molar-refractivity contribution is 6.33. The minimum absolute atomic E-state index is 0.0112. The van der Waals surface area contributed by atoms with E-state index in [4.69, 9.17) is 21.4 Å². The lowest BCUT2D eigenvalue weighted by Gasteiger charge is -2.10. The Morgan fingerprint density at radius 3 is 2.71 bits per heavy atom. The van der Waals surface area contributed by atoms with E-state index in [1.165, 1.54) is 18.5 Å². The molecule has 0 fully saturated rings. The molecule has 0 aliphatic heterocycles. The van der Waals surface area contributed by atoms with Crippen molar-refractivity contribution in [2.45, 2.75) is 20.0 Å². The van der Waals surface area contributed by atoms with Crippen LogP contribution in [-0.4, -0.2) is 27.1 Å². The summed E-state index contributed by atoms with van der Waals surface area (Å²) in [5, 5.41) is 12.1. The lowest BCUT2D eigenvalue weighted by molar-refractivity contribution is 0.0697. The molecule has 0 radical (unpaired) electrons.